The van der Waals surface area contributed by atoms with Crippen LogP contribution in [-0.4, -0.2) is 59.4 Å². The zero-order valence-corrected chi connectivity index (χ0v) is 19.0. The summed E-state index contributed by atoms with van der Waals surface area (Å²) >= 11 is 0. The average molecular weight is 446 g/mol. The van der Waals surface area contributed by atoms with Crippen LogP contribution in [0.3, 0.4) is 0 Å². The van der Waals surface area contributed by atoms with E-state index in [1.165, 1.54) is 36.2 Å². The molecule has 2 N–H and O–H groups in total. The highest BCUT2D eigenvalue weighted by molar-refractivity contribution is 5.66. The number of benzene rings is 1. The van der Waals surface area contributed by atoms with Crippen molar-refractivity contribution in [3.8, 4) is 28.9 Å². The quantitative estimate of drug-likeness (QED) is 0.622. The van der Waals surface area contributed by atoms with Crippen molar-refractivity contribution in [1.29, 1.82) is 5.26 Å². The predicted octanol–water partition coefficient (Wildman–Crippen LogP) is 2.59. The summed E-state index contributed by atoms with van der Waals surface area (Å²) in [6.45, 7) is 4.65. The summed E-state index contributed by atoms with van der Waals surface area (Å²) in [5, 5.41) is 39.7. The Morgan fingerprint density at radius 3 is 2.55 bits per heavy atom. The molecule has 2 aliphatic rings. The number of hydrogen-bond donors (Lipinski definition) is 2. The van der Waals surface area contributed by atoms with Crippen LogP contribution in [0.2, 0.25) is 0 Å². The number of hydrogen-bond acceptors (Lipinski definition) is 9. The summed E-state index contributed by atoms with van der Waals surface area (Å²) < 4.78 is 1.43. The van der Waals surface area contributed by atoms with E-state index in [0.29, 0.717) is 23.1 Å². The molecule has 2 bridgehead atoms. The first-order valence-electron chi connectivity index (χ1n) is 11.2. The van der Waals surface area contributed by atoms with E-state index < -0.39 is 0 Å². The van der Waals surface area contributed by atoms with Crippen molar-refractivity contribution in [2.24, 2.45) is 0 Å². The third-order valence-corrected chi connectivity index (χ3v) is 6.99. The molecule has 0 spiro atoms. The lowest BCUT2D eigenvalue weighted by molar-refractivity contribution is 0.0784. The number of nitrogens with zero attached hydrogens (tertiary/aromatic N) is 8. The first-order valence-corrected chi connectivity index (χ1v) is 11.2. The summed E-state index contributed by atoms with van der Waals surface area (Å²) in [5.74, 6) is 1.06. The van der Waals surface area contributed by atoms with Crippen LogP contribution in [0.15, 0.2) is 30.6 Å². The Morgan fingerprint density at radius 1 is 1.18 bits per heavy atom. The van der Waals surface area contributed by atoms with Crippen LogP contribution < -0.4 is 10.2 Å². The molecule has 170 valence electrons. The van der Waals surface area contributed by atoms with Gasteiger partial charge in [-0.3, -0.25) is 0 Å². The maximum Gasteiger partial charge on any atom is 0.185 e. The number of rotatable bonds is 4. The SMILES string of the molecule is CN(c1cnc(-c2ccc(-n3cc(C#N)nn3)cc2O)nn1)[C@H]1C[C@]2(C)CCC[C@](C)(C1)N2. The number of anilines is 1. The number of phenolic OH excluding ortho intramolecular Hbond substituents is 1. The molecule has 4 heterocycles. The highest BCUT2D eigenvalue weighted by Crippen LogP contribution is 2.41. The monoisotopic (exact) mass is 445 g/mol. The van der Waals surface area contributed by atoms with Gasteiger partial charge in [0.2, 0.25) is 0 Å². The Morgan fingerprint density at radius 2 is 1.94 bits per heavy atom. The Balaban J connectivity index is 1.35. The fourth-order valence-electron chi connectivity index (χ4n) is 5.45. The molecule has 10 nitrogen and oxygen atoms in total. The maximum atomic E-state index is 10.5. The number of phenols is 1. The Kier molecular flexibility index (Phi) is 5.01. The van der Waals surface area contributed by atoms with E-state index in [0.717, 1.165) is 18.7 Å². The molecular weight excluding hydrogens is 418 g/mol. The largest absolute Gasteiger partial charge is 0.507 e. The molecule has 1 aromatic carbocycles. The predicted molar refractivity (Wildman–Crippen MR) is 122 cm³/mol. The van der Waals surface area contributed by atoms with Gasteiger partial charge in [-0.1, -0.05) is 5.21 Å². The number of fused-ring (bicyclic) bond motifs is 2. The number of nitrogens with one attached hydrogen (secondary N) is 1. The maximum absolute atomic E-state index is 10.5. The molecule has 2 aromatic heterocycles. The molecule has 3 atom stereocenters. The summed E-state index contributed by atoms with van der Waals surface area (Å²) in [6, 6.07) is 7.28. The number of piperidine rings is 2. The van der Waals surface area contributed by atoms with Crippen LogP contribution in [0.5, 0.6) is 5.75 Å². The van der Waals surface area contributed by atoms with Crippen molar-refractivity contribution in [3.05, 3.63) is 36.3 Å². The fourth-order valence-corrected chi connectivity index (χ4v) is 5.45. The van der Waals surface area contributed by atoms with Gasteiger partial charge in [-0.25, -0.2) is 9.67 Å². The topological polar surface area (TPSA) is 129 Å². The van der Waals surface area contributed by atoms with Gasteiger partial charge in [0, 0.05) is 30.2 Å². The third-order valence-electron chi connectivity index (χ3n) is 6.99. The Labute approximate surface area is 192 Å². The van der Waals surface area contributed by atoms with Crippen LogP contribution in [-0.2, 0) is 0 Å². The lowest BCUT2D eigenvalue weighted by Gasteiger charge is -2.55. The fraction of sp³-hybridized carbons (Fsp3) is 0.478. The summed E-state index contributed by atoms with van der Waals surface area (Å²) in [4.78, 5) is 6.67. The molecule has 2 fully saturated rings. The van der Waals surface area contributed by atoms with Crippen molar-refractivity contribution < 1.29 is 5.11 Å². The second kappa shape index (κ2) is 7.78. The van der Waals surface area contributed by atoms with E-state index in [-0.39, 0.29) is 22.5 Å². The van der Waals surface area contributed by atoms with Gasteiger partial charge < -0.3 is 15.3 Å². The third kappa shape index (κ3) is 4.00. The van der Waals surface area contributed by atoms with E-state index in [1.807, 2.05) is 6.07 Å². The first kappa shape index (κ1) is 21.3. The lowest BCUT2D eigenvalue weighted by Crippen LogP contribution is -2.66. The van der Waals surface area contributed by atoms with E-state index >= 15 is 0 Å². The van der Waals surface area contributed by atoms with E-state index in [1.54, 1.807) is 18.3 Å². The number of aromatic hydroxyl groups is 1. The average Bonchev–Trinajstić information content (AvgIpc) is 3.27. The number of aromatic nitrogens is 6. The van der Waals surface area contributed by atoms with Crippen LogP contribution in [0.1, 0.15) is 51.6 Å². The van der Waals surface area contributed by atoms with Crippen LogP contribution in [0.25, 0.3) is 17.1 Å². The van der Waals surface area contributed by atoms with Crippen LogP contribution in [0.4, 0.5) is 5.82 Å². The summed E-state index contributed by atoms with van der Waals surface area (Å²) in [6.07, 6.45) is 8.98. The molecule has 0 unspecified atom stereocenters. The molecule has 10 heteroatoms. The molecule has 0 amide bonds. The van der Waals surface area contributed by atoms with Gasteiger partial charge in [0.15, 0.2) is 17.3 Å². The van der Waals surface area contributed by atoms with Gasteiger partial charge in [0.05, 0.1) is 23.6 Å². The van der Waals surface area contributed by atoms with Gasteiger partial charge in [0.1, 0.15) is 11.8 Å². The van der Waals surface area contributed by atoms with Crippen molar-refractivity contribution in [3.63, 3.8) is 0 Å². The summed E-state index contributed by atoms with van der Waals surface area (Å²) in [5.41, 5.74) is 1.55. The molecule has 2 saturated heterocycles. The lowest BCUT2D eigenvalue weighted by atomic mass is 9.69. The molecule has 3 aromatic rings. The van der Waals surface area contributed by atoms with E-state index in [2.05, 4.69) is 56.6 Å². The van der Waals surface area contributed by atoms with Gasteiger partial charge in [0.25, 0.3) is 0 Å². The minimum absolute atomic E-state index is 0.00329. The highest BCUT2D eigenvalue weighted by atomic mass is 16.3. The Hall–Kier alpha value is -3.58. The normalized spacial score (nSPS) is 26.5. The van der Waals surface area contributed by atoms with E-state index in [9.17, 15) is 5.11 Å². The minimum atomic E-state index is -0.00329. The van der Waals surface area contributed by atoms with Crippen molar-refractivity contribution in [2.75, 3.05) is 11.9 Å². The van der Waals surface area contributed by atoms with Crippen LogP contribution >= 0.6 is 0 Å². The Bertz CT molecular complexity index is 1200. The van der Waals surface area contributed by atoms with Crippen molar-refractivity contribution in [2.45, 2.75) is 63.1 Å². The summed E-state index contributed by atoms with van der Waals surface area (Å²) in [7, 11) is 2.06. The minimum Gasteiger partial charge on any atom is -0.507 e. The number of nitriles is 1. The molecular formula is C23H27N9O. The smallest absolute Gasteiger partial charge is 0.185 e. The molecule has 0 radical (unpaired) electrons. The van der Waals surface area contributed by atoms with Crippen molar-refractivity contribution >= 4 is 5.82 Å². The van der Waals surface area contributed by atoms with Gasteiger partial charge >= 0.3 is 0 Å². The second-order valence-corrected chi connectivity index (χ2v) is 9.77. The van der Waals surface area contributed by atoms with Crippen LogP contribution in [0, 0.1) is 11.3 Å². The zero-order chi connectivity index (χ0) is 23.2. The molecule has 5 rings (SSSR count). The second-order valence-electron chi connectivity index (χ2n) is 9.77. The van der Waals surface area contributed by atoms with E-state index in [4.69, 9.17) is 5.26 Å². The molecule has 0 saturated carbocycles. The van der Waals surface area contributed by atoms with Gasteiger partial charge in [-0.15, -0.1) is 15.3 Å². The van der Waals surface area contributed by atoms with Gasteiger partial charge in [-0.05, 0) is 58.1 Å². The van der Waals surface area contributed by atoms with Gasteiger partial charge in [-0.2, -0.15) is 5.26 Å². The molecule has 33 heavy (non-hydrogen) atoms. The standard InChI is InChI=1S/C23H27N9O/c1-22-7-4-8-23(2,29-22)11-17(10-22)31(3)20-13-25-21(28-27-20)18-6-5-16(9-19(18)33)32-14-15(12-24)26-30-32/h5-6,9,13-14,17,29,33H,4,7-8,10-11H2,1-3H3/t17-,22-,23+. The molecule has 0 aliphatic carbocycles. The molecule has 2 aliphatic heterocycles. The first-order chi connectivity index (χ1) is 15.8. The van der Waals surface area contributed by atoms with Crippen molar-refractivity contribution in [1.82, 2.24) is 35.5 Å². The zero-order valence-electron chi connectivity index (χ0n) is 19.0. The highest BCUT2D eigenvalue weighted by Gasteiger charge is 2.46.